The third kappa shape index (κ3) is 5.14. The second-order valence-corrected chi connectivity index (χ2v) is 7.35. The van der Waals surface area contributed by atoms with Crippen molar-refractivity contribution in [3.63, 3.8) is 0 Å². The molecule has 0 bridgehead atoms. The number of carbonyl (C=O) groups excluding carboxylic acids is 1. The quantitative estimate of drug-likeness (QED) is 0.734. The van der Waals surface area contributed by atoms with Gasteiger partial charge in [-0.2, -0.15) is 0 Å². The van der Waals surface area contributed by atoms with Gasteiger partial charge in [0.25, 0.3) is 5.91 Å². The van der Waals surface area contributed by atoms with Crippen molar-refractivity contribution >= 4 is 17.7 Å². The molecule has 1 atom stereocenters. The molecule has 1 unspecified atom stereocenters. The second-order valence-electron chi connectivity index (χ2n) is 6.30. The zero-order chi connectivity index (χ0) is 17.5. The molecule has 0 aliphatic carbocycles. The average molecular weight is 346 g/mol. The van der Waals surface area contributed by atoms with Crippen LogP contribution in [0, 0.1) is 5.92 Å². The van der Waals surface area contributed by atoms with E-state index >= 15 is 0 Å². The van der Waals surface area contributed by atoms with Crippen molar-refractivity contribution < 1.29 is 9.21 Å². The smallest absolute Gasteiger partial charge is 0.289 e. The number of amides is 1. The fourth-order valence-corrected chi connectivity index (χ4v) is 3.16. The van der Waals surface area contributed by atoms with Gasteiger partial charge in [0.15, 0.2) is 5.76 Å². The highest BCUT2D eigenvalue weighted by Gasteiger charge is 2.20. The fourth-order valence-electron chi connectivity index (χ4n) is 2.27. The van der Waals surface area contributed by atoms with E-state index in [-0.39, 0.29) is 11.9 Å². The molecule has 1 aromatic carbocycles. The summed E-state index contributed by atoms with van der Waals surface area (Å²) in [6.07, 6.45) is 2.37. The minimum Gasteiger partial charge on any atom is -0.459 e. The van der Waals surface area contributed by atoms with Crippen molar-refractivity contribution in [1.29, 1.82) is 0 Å². The zero-order valence-corrected chi connectivity index (χ0v) is 15.4. The van der Waals surface area contributed by atoms with Crippen molar-refractivity contribution in [1.82, 2.24) is 4.90 Å². The number of nitrogens with two attached hydrogens (primary N) is 1. The molecular formula is C19H26N2O2S. The molecule has 0 aliphatic rings. The summed E-state index contributed by atoms with van der Waals surface area (Å²) in [4.78, 5) is 15.5. The lowest BCUT2D eigenvalue weighted by atomic mass is 10.0. The first-order valence-corrected chi connectivity index (χ1v) is 9.23. The number of carbonyl (C=O) groups is 1. The average Bonchev–Trinajstić information content (AvgIpc) is 3.06. The monoisotopic (exact) mass is 346 g/mol. The standard InChI is InChI=1S/C19H26N2O2S/c1-14(2)17(20)9-11-21(3)19(22)18-15(10-12-23-18)13-24-16-7-5-4-6-8-16/h4-8,10,12,14,17H,9,11,13,20H2,1-3H3. The maximum atomic E-state index is 12.6. The predicted molar refractivity (Wildman–Crippen MR) is 99.1 cm³/mol. The zero-order valence-electron chi connectivity index (χ0n) is 14.6. The van der Waals surface area contributed by atoms with Crippen LogP contribution in [0.1, 0.15) is 36.4 Å². The summed E-state index contributed by atoms with van der Waals surface area (Å²) in [5, 5.41) is 0. The van der Waals surface area contributed by atoms with Gasteiger partial charge in [0.1, 0.15) is 0 Å². The summed E-state index contributed by atoms with van der Waals surface area (Å²) in [5.41, 5.74) is 6.99. The Hall–Kier alpha value is -1.72. The minimum absolute atomic E-state index is 0.0837. The lowest BCUT2D eigenvalue weighted by molar-refractivity contribution is 0.0756. The van der Waals surface area contributed by atoms with Gasteiger partial charge < -0.3 is 15.1 Å². The predicted octanol–water partition coefficient (Wildman–Crippen LogP) is 4.02. The Morgan fingerprint density at radius 2 is 1.96 bits per heavy atom. The summed E-state index contributed by atoms with van der Waals surface area (Å²) in [5.74, 6) is 1.47. The van der Waals surface area contributed by atoms with E-state index in [1.165, 1.54) is 4.90 Å². The number of thioether (sulfide) groups is 1. The summed E-state index contributed by atoms with van der Waals surface area (Å²) in [6, 6.07) is 12.1. The Morgan fingerprint density at radius 3 is 2.62 bits per heavy atom. The normalized spacial score (nSPS) is 12.4. The van der Waals surface area contributed by atoms with E-state index in [4.69, 9.17) is 10.2 Å². The van der Waals surface area contributed by atoms with Gasteiger partial charge in [-0.05, 0) is 30.5 Å². The highest BCUT2D eigenvalue weighted by Crippen LogP contribution is 2.25. The van der Waals surface area contributed by atoms with E-state index < -0.39 is 0 Å². The van der Waals surface area contributed by atoms with Crippen LogP contribution in [-0.2, 0) is 5.75 Å². The summed E-state index contributed by atoms with van der Waals surface area (Å²) in [7, 11) is 1.80. The van der Waals surface area contributed by atoms with Crippen LogP contribution in [-0.4, -0.2) is 30.4 Å². The molecule has 0 radical (unpaired) electrons. The third-order valence-corrected chi connectivity index (χ3v) is 5.14. The molecule has 0 aliphatic heterocycles. The SMILES string of the molecule is CC(C)C(N)CCN(C)C(=O)c1occc1CSc1ccccc1. The maximum Gasteiger partial charge on any atom is 0.289 e. The molecule has 0 saturated heterocycles. The van der Waals surface area contributed by atoms with Gasteiger partial charge in [-0.25, -0.2) is 0 Å². The lowest BCUT2D eigenvalue weighted by Gasteiger charge is -2.21. The molecule has 1 aromatic heterocycles. The van der Waals surface area contributed by atoms with Crippen molar-refractivity contribution in [3.05, 3.63) is 54.0 Å². The summed E-state index contributed by atoms with van der Waals surface area (Å²) >= 11 is 1.69. The summed E-state index contributed by atoms with van der Waals surface area (Å²) in [6.45, 7) is 4.82. The minimum atomic E-state index is -0.0837. The first-order chi connectivity index (χ1) is 11.5. The van der Waals surface area contributed by atoms with E-state index in [1.54, 1.807) is 30.0 Å². The molecular weight excluding hydrogens is 320 g/mol. The van der Waals surface area contributed by atoms with Gasteiger partial charge in [0.2, 0.25) is 0 Å². The Labute approximate surface area is 148 Å². The number of hydrogen-bond donors (Lipinski definition) is 1. The molecule has 130 valence electrons. The lowest BCUT2D eigenvalue weighted by Crippen LogP contribution is -2.34. The Balaban J connectivity index is 1.94. The van der Waals surface area contributed by atoms with E-state index in [2.05, 4.69) is 26.0 Å². The molecule has 0 spiro atoms. The third-order valence-electron chi connectivity index (χ3n) is 4.08. The highest BCUT2D eigenvalue weighted by atomic mass is 32.2. The molecule has 2 aromatic rings. The fraction of sp³-hybridized carbons (Fsp3) is 0.421. The van der Waals surface area contributed by atoms with Gasteiger partial charge in [-0.1, -0.05) is 32.0 Å². The van der Waals surface area contributed by atoms with Crippen LogP contribution in [0.2, 0.25) is 0 Å². The first-order valence-electron chi connectivity index (χ1n) is 8.24. The van der Waals surface area contributed by atoms with Gasteiger partial charge in [0.05, 0.1) is 6.26 Å². The van der Waals surface area contributed by atoms with E-state index in [1.807, 2.05) is 24.3 Å². The van der Waals surface area contributed by atoms with Gasteiger partial charge >= 0.3 is 0 Å². The van der Waals surface area contributed by atoms with Crippen LogP contribution in [0.25, 0.3) is 0 Å². The summed E-state index contributed by atoms with van der Waals surface area (Å²) < 4.78 is 5.45. The van der Waals surface area contributed by atoms with Crippen molar-refractivity contribution in [3.8, 4) is 0 Å². The Bertz CT molecular complexity index is 640. The molecule has 2 rings (SSSR count). The number of furan rings is 1. The number of rotatable bonds is 8. The van der Waals surface area contributed by atoms with Gasteiger partial charge in [0, 0.05) is 35.8 Å². The number of hydrogen-bond acceptors (Lipinski definition) is 4. The van der Waals surface area contributed by atoms with Gasteiger partial charge in [-0.15, -0.1) is 11.8 Å². The molecule has 0 saturated carbocycles. The number of nitrogens with zero attached hydrogens (tertiary/aromatic N) is 1. The highest BCUT2D eigenvalue weighted by molar-refractivity contribution is 7.98. The molecule has 2 N–H and O–H groups in total. The number of benzene rings is 1. The molecule has 4 nitrogen and oxygen atoms in total. The molecule has 1 amide bonds. The molecule has 5 heteroatoms. The van der Waals surface area contributed by atoms with Crippen LogP contribution in [0.4, 0.5) is 0 Å². The largest absolute Gasteiger partial charge is 0.459 e. The van der Waals surface area contributed by atoms with E-state index in [0.717, 1.165) is 12.0 Å². The van der Waals surface area contributed by atoms with Crippen LogP contribution in [0.5, 0.6) is 0 Å². The van der Waals surface area contributed by atoms with Crippen molar-refractivity contribution in [2.75, 3.05) is 13.6 Å². The van der Waals surface area contributed by atoms with Crippen LogP contribution in [0.15, 0.2) is 52.0 Å². The van der Waals surface area contributed by atoms with Crippen LogP contribution in [0.3, 0.4) is 0 Å². The van der Waals surface area contributed by atoms with Crippen LogP contribution >= 0.6 is 11.8 Å². The molecule has 1 heterocycles. The van der Waals surface area contributed by atoms with Crippen molar-refractivity contribution in [2.24, 2.45) is 11.7 Å². The second kappa shape index (κ2) is 8.94. The molecule has 24 heavy (non-hydrogen) atoms. The Kier molecular flexibility index (Phi) is 6.94. The molecule has 0 fully saturated rings. The van der Waals surface area contributed by atoms with E-state index in [0.29, 0.717) is 24.0 Å². The Morgan fingerprint density at radius 1 is 1.25 bits per heavy atom. The maximum absolute atomic E-state index is 12.6. The van der Waals surface area contributed by atoms with E-state index in [9.17, 15) is 4.79 Å². The van der Waals surface area contributed by atoms with Gasteiger partial charge in [-0.3, -0.25) is 4.79 Å². The van der Waals surface area contributed by atoms with Crippen LogP contribution < -0.4 is 5.73 Å². The first kappa shape index (κ1) is 18.6. The van der Waals surface area contributed by atoms with Crippen molar-refractivity contribution in [2.45, 2.75) is 37.0 Å². The topological polar surface area (TPSA) is 59.5 Å².